The summed E-state index contributed by atoms with van der Waals surface area (Å²) in [6.07, 6.45) is 1.57. The summed E-state index contributed by atoms with van der Waals surface area (Å²) in [7, 11) is 0. The molecule has 28 heavy (non-hydrogen) atoms. The van der Waals surface area contributed by atoms with Crippen LogP contribution >= 0.6 is 11.6 Å². The van der Waals surface area contributed by atoms with Gasteiger partial charge in [-0.15, -0.1) is 0 Å². The fraction of sp³-hybridized carbons (Fsp3) is 0.100. The van der Waals surface area contributed by atoms with Crippen molar-refractivity contribution in [3.63, 3.8) is 0 Å². The fourth-order valence-corrected chi connectivity index (χ4v) is 2.58. The topological polar surface area (TPSA) is 97.4 Å². The van der Waals surface area contributed by atoms with Crippen LogP contribution in [0.25, 0.3) is 11.7 Å². The number of halogens is 1. The van der Waals surface area contributed by atoms with Gasteiger partial charge in [-0.3, -0.25) is 0 Å². The fourth-order valence-electron chi connectivity index (χ4n) is 2.46. The number of furan rings is 2. The number of hydrogen-bond donors (Lipinski definition) is 1. The molecular formula is C20H14ClN3O4. The van der Waals surface area contributed by atoms with Crippen molar-refractivity contribution in [2.75, 3.05) is 5.32 Å². The van der Waals surface area contributed by atoms with Gasteiger partial charge in [-0.25, -0.2) is 0 Å². The average molecular weight is 396 g/mol. The van der Waals surface area contributed by atoms with Crippen LogP contribution in [-0.4, -0.2) is 4.98 Å². The highest BCUT2D eigenvalue weighted by Crippen LogP contribution is 2.28. The van der Waals surface area contributed by atoms with Crippen LogP contribution in [0.15, 0.2) is 68.0 Å². The van der Waals surface area contributed by atoms with Crippen LogP contribution in [0.5, 0.6) is 5.75 Å². The van der Waals surface area contributed by atoms with Crippen molar-refractivity contribution in [3.8, 4) is 23.5 Å². The lowest BCUT2D eigenvalue weighted by molar-refractivity contribution is 0.271. The van der Waals surface area contributed by atoms with Crippen molar-refractivity contribution in [1.29, 1.82) is 5.26 Å². The van der Waals surface area contributed by atoms with Crippen LogP contribution in [0.2, 0.25) is 5.02 Å². The van der Waals surface area contributed by atoms with Crippen molar-refractivity contribution < 1.29 is 18.0 Å². The highest BCUT2D eigenvalue weighted by molar-refractivity contribution is 6.30. The number of anilines is 1. The molecule has 8 heteroatoms. The van der Waals surface area contributed by atoms with Gasteiger partial charge in [0.15, 0.2) is 5.76 Å². The molecule has 0 unspecified atom stereocenters. The van der Waals surface area contributed by atoms with Gasteiger partial charge in [0.25, 0.3) is 5.89 Å². The van der Waals surface area contributed by atoms with Gasteiger partial charge in [0.2, 0.25) is 11.6 Å². The number of hydrogen-bond acceptors (Lipinski definition) is 7. The molecule has 0 aliphatic rings. The molecule has 1 N–H and O–H groups in total. The number of benzene rings is 1. The molecule has 0 radical (unpaired) electrons. The maximum atomic E-state index is 9.27. The highest BCUT2D eigenvalue weighted by Gasteiger charge is 2.17. The van der Waals surface area contributed by atoms with Crippen molar-refractivity contribution in [3.05, 3.63) is 77.0 Å². The maximum Gasteiger partial charge on any atom is 0.266 e. The van der Waals surface area contributed by atoms with Gasteiger partial charge >= 0.3 is 0 Å². The normalized spacial score (nSPS) is 10.6. The van der Waals surface area contributed by atoms with Gasteiger partial charge in [0.05, 0.1) is 12.8 Å². The van der Waals surface area contributed by atoms with Crippen LogP contribution in [0.4, 0.5) is 5.88 Å². The minimum Gasteiger partial charge on any atom is -0.486 e. The molecule has 0 spiro atoms. The van der Waals surface area contributed by atoms with E-state index >= 15 is 0 Å². The molecule has 0 aliphatic heterocycles. The zero-order valence-electron chi connectivity index (χ0n) is 14.5. The van der Waals surface area contributed by atoms with Gasteiger partial charge in [-0.1, -0.05) is 11.6 Å². The third-order valence-corrected chi connectivity index (χ3v) is 4.06. The first-order chi connectivity index (χ1) is 13.7. The van der Waals surface area contributed by atoms with E-state index in [1.54, 1.807) is 48.7 Å². The molecule has 0 atom stereocenters. The van der Waals surface area contributed by atoms with E-state index in [1.807, 2.05) is 12.1 Å². The summed E-state index contributed by atoms with van der Waals surface area (Å²) < 4.78 is 22.3. The van der Waals surface area contributed by atoms with E-state index in [-0.39, 0.29) is 24.1 Å². The Balaban J connectivity index is 1.44. The molecule has 4 rings (SSSR count). The number of aromatic nitrogens is 1. The summed E-state index contributed by atoms with van der Waals surface area (Å²) in [5.74, 6) is 2.83. The molecule has 3 aromatic heterocycles. The van der Waals surface area contributed by atoms with Gasteiger partial charge in [0.1, 0.15) is 29.9 Å². The Labute approximate surface area is 165 Å². The Morgan fingerprint density at radius 1 is 1.07 bits per heavy atom. The molecule has 0 fully saturated rings. The minimum absolute atomic E-state index is 0.136. The van der Waals surface area contributed by atoms with Crippen molar-refractivity contribution in [1.82, 2.24) is 4.98 Å². The molecule has 7 nitrogen and oxygen atoms in total. The summed E-state index contributed by atoms with van der Waals surface area (Å²) in [5.41, 5.74) is 0.136. The average Bonchev–Trinajstić information content (AvgIpc) is 3.45. The lowest BCUT2D eigenvalue weighted by Crippen LogP contribution is -1.98. The first-order valence-corrected chi connectivity index (χ1v) is 8.73. The lowest BCUT2D eigenvalue weighted by Gasteiger charge is -2.03. The van der Waals surface area contributed by atoms with Crippen molar-refractivity contribution >= 4 is 17.5 Å². The highest BCUT2D eigenvalue weighted by atomic mass is 35.5. The molecule has 4 aromatic rings. The Kier molecular flexibility index (Phi) is 5.04. The van der Waals surface area contributed by atoms with Crippen LogP contribution in [-0.2, 0) is 13.2 Å². The SMILES string of the molecule is N#Cc1nc(-c2ccc(COc3ccc(Cl)cc3)o2)oc1NCc1ccco1. The van der Waals surface area contributed by atoms with E-state index in [0.29, 0.717) is 34.6 Å². The quantitative estimate of drug-likeness (QED) is 0.456. The zero-order chi connectivity index (χ0) is 19.3. The lowest BCUT2D eigenvalue weighted by atomic mass is 10.3. The number of ether oxygens (including phenoxy) is 1. The van der Waals surface area contributed by atoms with E-state index in [1.165, 1.54) is 0 Å². The van der Waals surface area contributed by atoms with Crippen LogP contribution in [0.3, 0.4) is 0 Å². The molecule has 0 bridgehead atoms. The van der Waals surface area contributed by atoms with E-state index in [9.17, 15) is 5.26 Å². The molecule has 0 saturated carbocycles. The van der Waals surface area contributed by atoms with Crippen LogP contribution in [0.1, 0.15) is 17.2 Å². The Morgan fingerprint density at radius 3 is 2.68 bits per heavy atom. The minimum atomic E-state index is 0.136. The smallest absolute Gasteiger partial charge is 0.266 e. The number of nitriles is 1. The van der Waals surface area contributed by atoms with E-state index < -0.39 is 0 Å². The monoisotopic (exact) mass is 395 g/mol. The Morgan fingerprint density at radius 2 is 1.93 bits per heavy atom. The summed E-state index contributed by atoms with van der Waals surface area (Å²) in [4.78, 5) is 4.17. The van der Waals surface area contributed by atoms with E-state index in [2.05, 4.69) is 10.3 Å². The molecule has 1 aromatic carbocycles. The van der Waals surface area contributed by atoms with Crippen LogP contribution < -0.4 is 10.1 Å². The van der Waals surface area contributed by atoms with Gasteiger partial charge in [-0.2, -0.15) is 10.2 Å². The zero-order valence-corrected chi connectivity index (χ0v) is 15.3. The molecule has 0 amide bonds. The third kappa shape index (κ3) is 4.03. The number of nitrogens with one attached hydrogen (secondary N) is 1. The number of rotatable bonds is 7. The van der Waals surface area contributed by atoms with Crippen molar-refractivity contribution in [2.45, 2.75) is 13.2 Å². The summed E-state index contributed by atoms with van der Waals surface area (Å²) in [6, 6.07) is 16.1. The number of oxazole rings is 1. The van der Waals surface area contributed by atoms with E-state index in [4.69, 9.17) is 29.6 Å². The predicted molar refractivity (Wildman–Crippen MR) is 101 cm³/mol. The largest absolute Gasteiger partial charge is 0.486 e. The second kappa shape index (κ2) is 7.94. The first kappa shape index (κ1) is 17.8. The van der Waals surface area contributed by atoms with Crippen LogP contribution in [0, 0.1) is 11.3 Å². The second-order valence-corrected chi connectivity index (χ2v) is 6.19. The molecule has 0 saturated heterocycles. The Bertz CT molecular complexity index is 1090. The molecule has 3 heterocycles. The summed E-state index contributed by atoms with van der Waals surface area (Å²) in [6.45, 7) is 0.603. The van der Waals surface area contributed by atoms with Gasteiger partial charge in [-0.05, 0) is 48.5 Å². The number of nitrogens with zero attached hydrogens (tertiary/aromatic N) is 2. The maximum absolute atomic E-state index is 9.27. The Hall–Kier alpha value is -3.63. The molecular weight excluding hydrogens is 382 g/mol. The predicted octanol–water partition coefficient (Wildman–Crippen LogP) is 5.24. The molecule has 0 aliphatic carbocycles. The van der Waals surface area contributed by atoms with Crippen molar-refractivity contribution in [2.24, 2.45) is 0 Å². The standard InChI is InChI=1S/C20H14ClN3O4/c21-13-3-5-14(6-4-13)26-12-16-7-8-18(27-16)20-24-17(10-22)19(28-20)23-11-15-2-1-9-25-15/h1-9,23H,11-12H2. The first-order valence-electron chi connectivity index (χ1n) is 8.36. The van der Waals surface area contributed by atoms with Gasteiger partial charge < -0.3 is 23.3 Å². The second-order valence-electron chi connectivity index (χ2n) is 5.75. The van der Waals surface area contributed by atoms with E-state index in [0.717, 1.165) is 0 Å². The summed E-state index contributed by atoms with van der Waals surface area (Å²) in [5, 5.41) is 12.9. The molecule has 140 valence electrons. The summed E-state index contributed by atoms with van der Waals surface area (Å²) >= 11 is 5.85. The van der Waals surface area contributed by atoms with Gasteiger partial charge in [0, 0.05) is 5.02 Å². The third-order valence-electron chi connectivity index (χ3n) is 3.80.